The van der Waals surface area contributed by atoms with Crippen molar-refractivity contribution < 1.29 is 5.11 Å². The zero-order valence-corrected chi connectivity index (χ0v) is 11.5. The summed E-state index contributed by atoms with van der Waals surface area (Å²) in [6.07, 6.45) is 6.08. The van der Waals surface area contributed by atoms with Crippen molar-refractivity contribution in [3.8, 4) is 0 Å². The van der Waals surface area contributed by atoms with Crippen LogP contribution in [0.4, 0.5) is 0 Å². The Hall–Kier alpha value is -1.86. The van der Waals surface area contributed by atoms with Gasteiger partial charge in [0.1, 0.15) is 0 Å². The number of hydrogen-bond donors (Lipinski definition) is 1. The highest BCUT2D eigenvalue weighted by molar-refractivity contribution is 5.25. The quantitative estimate of drug-likeness (QED) is 0.811. The van der Waals surface area contributed by atoms with Crippen molar-refractivity contribution >= 4 is 0 Å². The molecule has 20 heavy (non-hydrogen) atoms. The van der Waals surface area contributed by atoms with Crippen molar-refractivity contribution in [1.82, 2.24) is 0 Å². The lowest BCUT2D eigenvalue weighted by molar-refractivity contribution is 0.120. The minimum absolute atomic E-state index is 0.205. The number of aliphatic hydroxyl groups is 1. The van der Waals surface area contributed by atoms with Crippen LogP contribution < -0.4 is 0 Å². The second kappa shape index (κ2) is 6.06. The van der Waals surface area contributed by atoms with Gasteiger partial charge >= 0.3 is 0 Å². The molecule has 0 unspecified atom stereocenters. The minimum Gasteiger partial charge on any atom is -0.388 e. The van der Waals surface area contributed by atoms with Crippen LogP contribution in [0.25, 0.3) is 0 Å². The Morgan fingerprint density at radius 3 is 2.25 bits per heavy atom. The Morgan fingerprint density at radius 1 is 0.900 bits per heavy atom. The molecule has 1 N–H and O–H groups in total. The smallest absolute Gasteiger partial charge is 0.0852 e. The maximum atomic E-state index is 10.6. The number of benzene rings is 2. The Bertz CT molecular complexity index is 559. The highest BCUT2D eigenvalue weighted by atomic mass is 16.3. The number of aliphatic hydroxyl groups excluding tert-OH is 1. The fraction of sp³-hybridized carbons (Fsp3) is 0.263. The van der Waals surface area contributed by atoms with E-state index in [1.807, 2.05) is 30.3 Å². The average Bonchev–Trinajstić information content (AvgIpc) is 2.56. The lowest BCUT2D eigenvalue weighted by atomic mass is 9.78. The summed E-state index contributed by atoms with van der Waals surface area (Å²) in [5, 5.41) is 10.6. The van der Waals surface area contributed by atoms with Gasteiger partial charge in [-0.15, -0.1) is 0 Å². The Labute approximate surface area is 120 Å². The van der Waals surface area contributed by atoms with Crippen LogP contribution in [-0.4, -0.2) is 5.11 Å². The van der Waals surface area contributed by atoms with Crippen LogP contribution in [0.5, 0.6) is 0 Å². The number of allylic oxidation sites excluding steroid dienone is 1. The molecule has 1 nitrogen and oxygen atoms in total. The molecule has 3 atom stereocenters. The van der Waals surface area contributed by atoms with Gasteiger partial charge in [0.25, 0.3) is 0 Å². The summed E-state index contributed by atoms with van der Waals surface area (Å²) in [6.45, 7) is 0. The van der Waals surface area contributed by atoms with Crippen LogP contribution >= 0.6 is 0 Å². The van der Waals surface area contributed by atoms with Gasteiger partial charge in [0.2, 0.25) is 0 Å². The Balaban J connectivity index is 1.76. The summed E-state index contributed by atoms with van der Waals surface area (Å²) >= 11 is 0. The average molecular weight is 264 g/mol. The van der Waals surface area contributed by atoms with Gasteiger partial charge in [-0.2, -0.15) is 0 Å². The first-order chi connectivity index (χ1) is 9.84. The number of rotatable bonds is 3. The first kappa shape index (κ1) is 13.1. The van der Waals surface area contributed by atoms with Gasteiger partial charge in [-0.05, 0) is 29.9 Å². The second-order valence-electron chi connectivity index (χ2n) is 5.53. The van der Waals surface area contributed by atoms with E-state index in [0.717, 1.165) is 18.4 Å². The molecule has 0 heterocycles. The molecule has 1 aliphatic carbocycles. The summed E-state index contributed by atoms with van der Waals surface area (Å²) in [5.41, 5.74) is 2.39. The third kappa shape index (κ3) is 2.83. The molecule has 1 heteroatoms. The maximum Gasteiger partial charge on any atom is 0.0852 e. The molecule has 0 aliphatic heterocycles. The largest absolute Gasteiger partial charge is 0.388 e. The molecule has 2 aromatic rings. The minimum atomic E-state index is -0.404. The number of hydrogen-bond acceptors (Lipinski definition) is 1. The molecule has 1 aliphatic rings. The zero-order chi connectivity index (χ0) is 13.8. The fourth-order valence-electron chi connectivity index (χ4n) is 3.05. The van der Waals surface area contributed by atoms with Crippen molar-refractivity contribution in [2.75, 3.05) is 0 Å². The van der Waals surface area contributed by atoms with Gasteiger partial charge in [0, 0.05) is 5.92 Å². The molecular weight excluding hydrogens is 244 g/mol. The third-order valence-corrected chi connectivity index (χ3v) is 4.18. The summed E-state index contributed by atoms with van der Waals surface area (Å²) in [7, 11) is 0. The SMILES string of the molecule is O[C@H](c1ccccc1)[C@H]1C=CC[C@@H](c2ccccc2)C1. The predicted octanol–water partition coefficient (Wildman–Crippen LogP) is 4.47. The van der Waals surface area contributed by atoms with E-state index in [1.165, 1.54) is 5.56 Å². The van der Waals surface area contributed by atoms with E-state index in [4.69, 9.17) is 0 Å². The van der Waals surface area contributed by atoms with Crippen molar-refractivity contribution in [3.63, 3.8) is 0 Å². The summed E-state index contributed by atoms with van der Waals surface area (Å²) < 4.78 is 0. The van der Waals surface area contributed by atoms with Crippen LogP contribution in [0.2, 0.25) is 0 Å². The highest BCUT2D eigenvalue weighted by Gasteiger charge is 2.25. The summed E-state index contributed by atoms with van der Waals surface area (Å²) in [4.78, 5) is 0. The fourth-order valence-corrected chi connectivity index (χ4v) is 3.05. The monoisotopic (exact) mass is 264 g/mol. The van der Waals surface area contributed by atoms with Gasteiger partial charge < -0.3 is 5.11 Å². The standard InChI is InChI=1S/C19H20O/c20-19(16-10-5-2-6-11-16)18-13-7-12-17(14-18)15-8-3-1-4-9-15/h1-11,13,17-20H,12,14H2/t17-,18+,19-/m1/s1. The Kier molecular flexibility index (Phi) is 3.98. The molecule has 102 valence electrons. The van der Waals surface area contributed by atoms with E-state index in [2.05, 4.69) is 42.5 Å². The zero-order valence-electron chi connectivity index (χ0n) is 11.5. The lowest BCUT2D eigenvalue weighted by Crippen LogP contribution is -2.17. The second-order valence-corrected chi connectivity index (χ2v) is 5.53. The van der Waals surface area contributed by atoms with Gasteiger partial charge in [-0.1, -0.05) is 72.8 Å². The molecule has 0 spiro atoms. The summed E-state index contributed by atoms with van der Waals surface area (Å²) in [5.74, 6) is 0.723. The Morgan fingerprint density at radius 2 is 1.55 bits per heavy atom. The van der Waals surface area contributed by atoms with Crippen LogP contribution in [-0.2, 0) is 0 Å². The predicted molar refractivity (Wildman–Crippen MR) is 82.4 cm³/mol. The van der Waals surface area contributed by atoms with E-state index in [-0.39, 0.29) is 5.92 Å². The molecule has 0 bridgehead atoms. The van der Waals surface area contributed by atoms with Gasteiger partial charge in [0.15, 0.2) is 0 Å². The highest BCUT2D eigenvalue weighted by Crippen LogP contribution is 2.37. The topological polar surface area (TPSA) is 20.2 Å². The van der Waals surface area contributed by atoms with E-state index < -0.39 is 6.10 Å². The van der Waals surface area contributed by atoms with Gasteiger partial charge in [0.05, 0.1) is 6.10 Å². The van der Waals surface area contributed by atoms with E-state index in [9.17, 15) is 5.11 Å². The van der Waals surface area contributed by atoms with Crippen LogP contribution in [0, 0.1) is 5.92 Å². The van der Waals surface area contributed by atoms with Crippen molar-refractivity contribution in [1.29, 1.82) is 0 Å². The first-order valence-corrected chi connectivity index (χ1v) is 7.29. The molecule has 0 saturated heterocycles. The summed E-state index contributed by atoms with van der Waals surface area (Å²) in [6, 6.07) is 20.6. The van der Waals surface area contributed by atoms with Crippen molar-refractivity contribution in [2.45, 2.75) is 24.9 Å². The lowest BCUT2D eigenvalue weighted by Gasteiger charge is -2.28. The third-order valence-electron chi connectivity index (χ3n) is 4.18. The van der Waals surface area contributed by atoms with Gasteiger partial charge in [-0.3, -0.25) is 0 Å². The van der Waals surface area contributed by atoms with E-state index in [0.29, 0.717) is 5.92 Å². The maximum absolute atomic E-state index is 10.6. The normalized spacial score (nSPS) is 23.4. The molecular formula is C19H20O. The first-order valence-electron chi connectivity index (χ1n) is 7.29. The molecule has 0 amide bonds. The van der Waals surface area contributed by atoms with E-state index >= 15 is 0 Å². The van der Waals surface area contributed by atoms with Crippen LogP contribution in [0.15, 0.2) is 72.8 Å². The van der Waals surface area contributed by atoms with Gasteiger partial charge in [-0.25, -0.2) is 0 Å². The molecule has 2 aromatic carbocycles. The van der Waals surface area contributed by atoms with E-state index in [1.54, 1.807) is 0 Å². The molecule has 0 saturated carbocycles. The van der Waals surface area contributed by atoms with Crippen LogP contribution in [0.1, 0.15) is 36.0 Å². The van der Waals surface area contributed by atoms with Crippen molar-refractivity contribution in [3.05, 3.63) is 83.9 Å². The molecule has 0 radical (unpaired) electrons. The van der Waals surface area contributed by atoms with Crippen LogP contribution in [0.3, 0.4) is 0 Å². The molecule has 0 fully saturated rings. The van der Waals surface area contributed by atoms with Crippen molar-refractivity contribution in [2.24, 2.45) is 5.92 Å². The molecule has 0 aromatic heterocycles. The molecule has 3 rings (SSSR count).